The number of benzene rings is 1. The van der Waals surface area contributed by atoms with Crippen LogP contribution in [0.5, 0.6) is 0 Å². The fourth-order valence-corrected chi connectivity index (χ4v) is 2.36. The van der Waals surface area contributed by atoms with E-state index in [1.807, 2.05) is 0 Å². The minimum absolute atomic E-state index is 0.100. The summed E-state index contributed by atoms with van der Waals surface area (Å²) in [4.78, 5) is 11.8. The van der Waals surface area contributed by atoms with Gasteiger partial charge in [0.1, 0.15) is 12.0 Å². The van der Waals surface area contributed by atoms with Gasteiger partial charge in [-0.15, -0.1) is 0 Å². The lowest BCUT2D eigenvalue weighted by Gasteiger charge is -2.13. The van der Waals surface area contributed by atoms with E-state index in [0.29, 0.717) is 17.5 Å². The third kappa shape index (κ3) is 1.43. The van der Waals surface area contributed by atoms with E-state index in [-0.39, 0.29) is 22.5 Å². The molecule has 0 saturated heterocycles. The van der Waals surface area contributed by atoms with Gasteiger partial charge < -0.3 is 10.3 Å². The van der Waals surface area contributed by atoms with Gasteiger partial charge in [-0.2, -0.15) is 0 Å². The van der Waals surface area contributed by atoms with Crippen LogP contribution in [0.3, 0.4) is 0 Å². The van der Waals surface area contributed by atoms with Crippen LogP contribution in [-0.4, -0.2) is 10.7 Å². The molecule has 2 N–H and O–H groups in total. The van der Waals surface area contributed by atoms with Crippen molar-refractivity contribution in [2.75, 3.05) is 5.73 Å². The lowest BCUT2D eigenvalue weighted by Crippen LogP contribution is -2.12. The first-order valence-corrected chi connectivity index (χ1v) is 5.74. The number of alkyl halides is 1. The third-order valence-corrected chi connectivity index (χ3v) is 3.45. The molecule has 0 radical (unpaired) electrons. The van der Waals surface area contributed by atoms with Crippen LogP contribution < -0.4 is 11.2 Å². The van der Waals surface area contributed by atoms with Crippen molar-refractivity contribution in [2.45, 2.75) is 25.6 Å². The molecule has 1 aromatic carbocycles. The van der Waals surface area contributed by atoms with E-state index in [1.54, 1.807) is 11.5 Å². The summed E-state index contributed by atoms with van der Waals surface area (Å²) in [7, 11) is 0. The molecule has 5 heteroatoms. The number of nitrogens with two attached hydrogens (primary N) is 1. The van der Waals surface area contributed by atoms with Crippen molar-refractivity contribution in [2.24, 2.45) is 0 Å². The molecular formula is C13H12F2N2O. The number of rotatable bonds is 1. The Morgan fingerprint density at radius 2 is 2.17 bits per heavy atom. The fraction of sp³-hybridized carbons (Fsp3) is 0.308. The van der Waals surface area contributed by atoms with Crippen molar-refractivity contribution in [1.82, 2.24) is 4.57 Å². The first-order chi connectivity index (χ1) is 8.50. The number of anilines is 1. The maximum absolute atomic E-state index is 13.7. The Labute approximate surface area is 102 Å². The number of pyridine rings is 1. The summed E-state index contributed by atoms with van der Waals surface area (Å²) in [5.41, 5.74) is 6.28. The average Bonchev–Trinajstić information content (AvgIpc) is 3.02. The number of hydrogen-bond donors (Lipinski definition) is 1. The number of nitrogens with zero attached hydrogens (tertiary/aromatic N) is 1. The van der Waals surface area contributed by atoms with E-state index in [1.165, 1.54) is 12.3 Å². The highest BCUT2D eigenvalue weighted by molar-refractivity contribution is 5.92. The molecule has 0 spiro atoms. The molecule has 2 aromatic rings. The monoisotopic (exact) mass is 250 g/mol. The predicted octanol–water partition coefficient (Wildman–Crippen LogP) is 2.31. The van der Waals surface area contributed by atoms with E-state index >= 15 is 0 Å². The topological polar surface area (TPSA) is 48.0 Å². The predicted molar refractivity (Wildman–Crippen MR) is 65.9 cm³/mol. The highest BCUT2D eigenvalue weighted by atomic mass is 19.1. The highest BCUT2D eigenvalue weighted by Crippen LogP contribution is 2.41. The molecule has 2 atom stereocenters. The molecule has 1 saturated carbocycles. The van der Waals surface area contributed by atoms with Crippen LogP contribution in [0.4, 0.5) is 14.5 Å². The number of aryl methyl sites for hydroxylation is 1. The lowest BCUT2D eigenvalue weighted by atomic mass is 10.1. The highest BCUT2D eigenvalue weighted by Gasteiger charge is 2.39. The van der Waals surface area contributed by atoms with Crippen LogP contribution in [0.2, 0.25) is 0 Å². The smallest absolute Gasteiger partial charge is 0.191 e. The van der Waals surface area contributed by atoms with E-state index in [0.717, 1.165) is 6.07 Å². The lowest BCUT2D eigenvalue weighted by molar-refractivity contribution is 0.444. The zero-order valence-corrected chi connectivity index (χ0v) is 9.78. The first-order valence-electron chi connectivity index (χ1n) is 5.74. The van der Waals surface area contributed by atoms with Gasteiger partial charge in [0.15, 0.2) is 5.43 Å². The second-order valence-electron chi connectivity index (χ2n) is 4.70. The van der Waals surface area contributed by atoms with Crippen LogP contribution in [0.1, 0.15) is 18.0 Å². The molecular weight excluding hydrogens is 238 g/mol. The van der Waals surface area contributed by atoms with Crippen LogP contribution >= 0.6 is 0 Å². The fourth-order valence-electron chi connectivity index (χ4n) is 2.36. The molecule has 1 fully saturated rings. The van der Waals surface area contributed by atoms with Crippen LogP contribution in [-0.2, 0) is 0 Å². The van der Waals surface area contributed by atoms with Gasteiger partial charge in [-0.3, -0.25) is 4.79 Å². The summed E-state index contributed by atoms with van der Waals surface area (Å²) < 4.78 is 28.5. The van der Waals surface area contributed by atoms with Crippen LogP contribution in [0, 0.1) is 12.7 Å². The van der Waals surface area contributed by atoms with Gasteiger partial charge in [0, 0.05) is 29.9 Å². The zero-order valence-electron chi connectivity index (χ0n) is 9.78. The maximum atomic E-state index is 13.7. The molecule has 18 heavy (non-hydrogen) atoms. The maximum Gasteiger partial charge on any atom is 0.191 e. The number of aromatic nitrogens is 1. The number of hydrogen-bond acceptors (Lipinski definition) is 2. The quantitative estimate of drug-likeness (QED) is 0.789. The molecule has 0 unspecified atom stereocenters. The Kier molecular flexibility index (Phi) is 2.20. The summed E-state index contributed by atoms with van der Waals surface area (Å²) in [5, 5.41) is 0.274. The molecule has 0 amide bonds. The molecule has 1 heterocycles. The minimum atomic E-state index is -0.931. The van der Waals surface area contributed by atoms with E-state index < -0.39 is 12.0 Å². The molecule has 0 aliphatic heterocycles. The Bertz CT molecular complexity index is 708. The minimum Gasteiger partial charge on any atom is -0.398 e. The molecule has 1 aliphatic rings. The molecule has 1 aromatic heterocycles. The Hall–Kier alpha value is -1.91. The van der Waals surface area contributed by atoms with Gasteiger partial charge in [-0.25, -0.2) is 8.78 Å². The van der Waals surface area contributed by atoms with Gasteiger partial charge in [0.25, 0.3) is 0 Å². The Balaban J connectivity index is 2.46. The van der Waals surface area contributed by atoms with Crippen molar-refractivity contribution in [3.63, 3.8) is 0 Å². The molecule has 3 nitrogen and oxygen atoms in total. The third-order valence-electron chi connectivity index (χ3n) is 3.45. The molecule has 3 rings (SSSR count). The van der Waals surface area contributed by atoms with Gasteiger partial charge in [-0.1, -0.05) is 0 Å². The van der Waals surface area contributed by atoms with E-state index in [2.05, 4.69) is 0 Å². The number of fused-ring (bicyclic) bond motifs is 1. The number of halogens is 2. The zero-order chi connectivity index (χ0) is 13.0. The van der Waals surface area contributed by atoms with Gasteiger partial charge >= 0.3 is 0 Å². The summed E-state index contributed by atoms with van der Waals surface area (Å²) in [5.74, 6) is -0.476. The summed E-state index contributed by atoms with van der Waals surface area (Å²) in [6.07, 6.45) is 0.980. The van der Waals surface area contributed by atoms with Crippen LogP contribution in [0.15, 0.2) is 23.1 Å². The van der Waals surface area contributed by atoms with Gasteiger partial charge in [0.05, 0.1) is 16.9 Å². The Morgan fingerprint density at radius 1 is 1.50 bits per heavy atom. The summed E-state index contributed by atoms with van der Waals surface area (Å²) in [6.45, 7) is 1.57. The average molecular weight is 250 g/mol. The van der Waals surface area contributed by atoms with Crippen molar-refractivity contribution in [1.29, 1.82) is 0 Å². The van der Waals surface area contributed by atoms with Crippen molar-refractivity contribution >= 4 is 16.6 Å². The standard InChI is InChI=1S/C13H12F2N2O/c1-6-7(14)4-9(16)12-11(18)2-3-17(13(6)12)10-5-8(10)15/h2-4,8,10H,5,16H2,1H3/t8-,10+/m0/s1. The second kappa shape index (κ2) is 3.54. The van der Waals surface area contributed by atoms with Crippen molar-refractivity contribution in [3.8, 4) is 0 Å². The molecule has 0 bridgehead atoms. The van der Waals surface area contributed by atoms with E-state index in [4.69, 9.17) is 5.73 Å². The van der Waals surface area contributed by atoms with Gasteiger partial charge in [0.2, 0.25) is 0 Å². The Morgan fingerprint density at radius 3 is 2.78 bits per heavy atom. The first kappa shape index (κ1) is 11.2. The summed E-state index contributed by atoms with van der Waals surface area (Å²) in [6, 6.07) is 2.18. The SMILES string of the molecule is Cc1c(F)cc(N)c2c(=O)ccn([C@@H]3C[C@@H]3F)c12. The number of nitrogen functional groups attached to an aromatic ring is 1. The molecule has 1 aliphatic carbocycles. The molecule has 94 valence electrons. The summed E-state index contributed by atoms with van der Waals surface area (Å²) >= 11 is 0. The van der Waals surface area contributed by atoms with E-state index in [9.17, 15) is 13.6 Å². The second-order valence-corrected chi connectivity index (χ2v) is 4.70. The van der Waals surface area contributed by atoms with Crippen LogP contribution in [0.25, 0.3) is 10.9 Å². The van der Waals surface area contributed by atoms with Crippen molar-refractivity contribution in [3.05, 3.63) is 39.9 Å². The van der Waals surface area contributed by atoms with Gasteiger partial charge in [-0.05, 0) is 13.0 Å². The largest absolute Gasteiger partial charge is 0.398 e. The normalized spacial score (nSPS) is 22.4. The van der Waals surface area contributed by atoms with Crippen molar-refractivity contribution < 1.29 is 8.78 Å².